The molecule has 0 saturated carbocycles. The third-order valence-corrected chi connectivity index (χ3v) is 2.92. The molecule has 106 valence electrons. The summed E-state index contributed by atoms with van der Waals surface area (Å²) in [4.78, 5) is 11.7. The average molecular weight is 297 g/mol. The van der Waals surface area contributed by atoms with Crippen molar-refractivity contribution >= 4 is 17.5 Å². The second-order valence-corrected chi connectivity index (χ2v) is 4.50. The fourth-order valence-electron chi connectivity index (χ4n) is 1.75. The zero-order valence-electron chi connectivity index (χ0n) is 11.2. The third-order valence-electron chi connectivity index (χ3n) is 2.75. The van der Waals surface area contributed by atoms with Crippen LogP contribution in [0, 0.1) is 12.7 Å². The maximum atomic E-state index is 13.0. The smallest absolute Gasteiger partial charge is 0.322 e. The maximum absolute atomic E-state index is 13.0. The molecule has 0 spiro atoms. The molecule has 0 saturated heterocycles. The molecule has 7 heteroatoms. The number of benzene rings is 1. The molecule has 0 aliphatic rings. The molecule has 2 aromatic rings. The summed E-state index contributed by atoms with van der Waals surface area (Å²) < 4.78 is 17.9. The first kappa shape index (κ1) is 14.5. The van der Waals surface area contributed by atoms with Crippen molar-refractivity contribution in [2.75, 3.05) is 19.0 Å². The van der Waals surface area contributed by atoms with E-state index in [2.05, 4.69) is 20.3 Å². The number of hydrogen-bond acceptors (Lipinski definition) is 5. The van der Waals surface area contributed by atoms with Crippen molar-refractivity contribution in [3.8, 4) is 6.01 Å². The minimum Gasteiger partial charge on any atom is -0.467 e. The van der Waals surface area contributed by atoms with Gasteiger partial charge in [0.25, 0.3) is 0 Å². The van der Waals surface area contributed by atoms with Crippen LogP contribution in [0.15, 0.2) is 18.2 Å². The Bertz CT molecular complexity index is 609. The van der Waals surface area contributed by atoms with E-state index in [-0.39, 0.29) is 17.1 Å². The second kappa shape index (κ2) is 6.47. The van der Waals surface area contributed by atoms with Crippen molar-refractivity contribution < 1.29 is 9.13 Å². The van der Waals surface area contributed by atoms with E-state index in [0.717, 1.165) is 17.5 Å². The minimum atomic E-state index is -0.229. The number of aryl methyl sites for hydroxylation is 1. The topological polar surface area (TPSA) is 59.9 Å². The van der Waals surface area contributed by atoms with Crippen LogP contribution in [0.25, 0.3) is 0 Å². The van der Waals surface area contributed by atoms with Gasteiger partial charge in [-0.1, -0.05) is 6.07 Å². The summed E-state index contributed by atoms with van der Waals surface area (Å²) >= 11 is 5.74. The molecule has 0 unspecified atom stereocenters. The SMILES string of the molecule is COc1nc(Cl)nc(NCCc2ccc(F)cc2C)n1. The quantitative estimate of drug-likeness (QED) is 0.919. The van der Waals surface area contributed by atoms with Crippen molar-refractivity contribution in [1.82, 2.24) is 15.0 Å². The van der Waals surface area contributed by atoms with Crippen LogP contribution in [0.1, 0.15) is 11.1 Å². The highest BCUT2D eigenvalue weighted by Gasteiger charge is 2.05. The van der Waals surface area contributed by atoms with E-state index in [0.29, 0.717) is 12.5 Å². The van der Waals surface area contributed by atoms with Crippen LogP contribution >= 0.6 is 11.6 Å². The van der Waals surface area contributed by atoms with Gasteiger partial charge in [-0.05, 0) is 48.2 Å². The molecular weight excluding hydrogens is 283 g/mol. The zero-order chi connectivity index (χ0) is 14.5. The lowest BCUT2D eigenvalue weighted by Crippen LogP contribution is -2.10. The summed E-state index contributed by atoms with van der Waals surface area (Å²) in [5.41, 5.74) is 1.98. The van der Waals surface area contributed by atoms with Crippen molar-refractivity contribution in [2.45, 2.75) is 13.3 Å². The molecule has 0 bridgehead atoms. The summed E-state index contributed by atoms with van der Waals surface area (Å²) in [6, 6.07) is 4.89. The van der Waals surface area contributed by atoms with Crippen LogP contribution in [0.3, 0.4) is 0 Å². The van der Waals surface area contributed by atoms with Crippen LogP contribution < -0.4 is 10.1 Å². The number of anilines is 1. The van der Waals surface area contributed by atoms with Gasteiger partial charge in [0.1, 0.15) is 5.82 Å². The highest BCUT2D eigenvalue weighted by atomic mass is 35.5. The molecule has 0 amide bonds. The molecule has 0 radical (unpaired) electrons. The van der Waals surface area contributed by atoms with E-state index in [9.17, 15) is 4.39 Å². The summed E-state index contributed by atoms with van der Waals surface area (Å²) in [5.74, 6) is 0.120. The van der Waals surface area contributed by atoms with E-state index in [4.69, 9.17) is 16.3 Å². The number of hydrogen-bond donors (Lipinski definition) is 1. The molecule has 2 rings (SSSR count). The number of rotatable bonds is 5. The predicted molar refractivity (Wildman–Crippen MR) is 74.7 cm³/mol. The Labute approximate surface area is 121 Å². The first-order chi connectivity index (χ1) is 9.58. The van der Waals surface area contributed by atoms with Gasteiger partial charge in [0.15, 0.2) is 0 Å². The third kappa shape index (κ3) is 3.77. The summed E-state index contributed by atoms with van der Waals surface area (Å²) in [5, 5.41) is 3.10. The number of aromatic nitrogens is 3. The number of nitrogens with zero attached hydrogens (tertiary/aromatic N) is 3. The summed E-state index contributed by atoms with van der Waals surface area (Å²) in [7, 11) is 1.46. The zero-order valence-corrected chi connectivity index (χ0v) is 11.9. The first-order valence-electron chi connectivity index (χ1n) is 6.03. The average Bonchev–Trinajstić information content (AvgIpc) is 2.40. The molecule has 1 N–H and O–H groups in total. The van der Waals surface area contributed by atoms with E-state index in [1.807, 2.05) is 6.92 Å². The molecule has 0 aliphatic heterocycles. The molecule has 20 heavy (non-hydrogen) atoms. The van der Waals surface area contributed by atoms with Crippen molar-refractivity contribution in [3.63, 3.8) is 0 Å². The molecule has 0 fully saturated rings. The predicted octanol–water partition coefficient (Wildman–Crippen LogP) is 2.64. The Kier molecular flexibility index (Phi) is 4.68. The Hall–Kier alpha value is -1.95. The molecule has 1 heterocycles. The molecule has 1 aromatic heterocycles. The first-order valence-corrected chi connectivity index (χ1v) is 6.41. The number of ether oxygens (including phenoxy) is 1. The van der Waals surface area contributed by atoms with E-state index in [1.165, 1.54) is 19.2 Å². The largest absolute Gasteiger partial charge is 0.467 e. The molecule has 5 nitrogen and oxygen atoms in total. The van der Waals surface area contributed by atoms with Gasteiger partial charge in [0, 0.05) is 6.54 Å². The molecule has 1 aromatic carbocycles. The Balaban J connectivity index is 1.97. The van der Waals surface area contributed by atoms with Gasteiger partial charge in [-0.25, -0.2) is 4.39 Å². The Morgan fingerprint density at radius 2 is 2.10 bits per heavy atom. The van der Waals surface area contributed by atoms with Gasteiger partial charge in [0.2, 0.25) is 11.2 Å². The second-order valence-electron chi connectivity index (χ2n) is 4.16. The van der Waals surface area contributed by atoms with Gasteiger partial charge in [0.05, 0.1) is 7.11 Å². The van der Waals surface area contributed by atoms with Crippen LogP contribution in [0.5, 0.6) is 6.01 Å². The lowest BCUT2D eigenvalue weighted by atomic mass is 10.1. The van der Waals surface area contributed by atoms with E-state index >= 15 is 0 Å². The molecule has 0 atom stereocenters. The maximum Gasteiger partial charge on any atom is 0.322 e. The fourth-order valence-corrected chi connectivity index (χ4v) is 1.90. The van der Waals surface area contributed by atoms with Crippen molar-refractivity contribution in [2.24, 2.45) is 0 Å². The fraction of sp³-hybridized carbons (Fsp3) is 0.308. The lowest BCUT2D eigenvalue weighted by molar-refractivity contribution is 0.379. The number of nitrogens with one attached hydrogen (secondary N) is 1. The number of halogens is 2. The highest BCUT2D eigenvalue weighted by Crippen LogP contribution is 2.13. The van der Waals surface area contributed by atoms with Gasteiger partial charge in [-0.2, -0.15) is 15.0 Å². The standard InChI is InChI=1S/C13H14ClFN4O/c1-8-7-10(15)4-3-9(8)5-6-16-12-17-11(14)18-13(19-12)20-2/h3-4,7H,5-6H2,1-2H3,(H,16,17,18,19). The monoisotopic (exact) mass is 296 g/mol. The lowest BCUT2D eigenvalue weighted by Gasteiger charge is -2.08. The normalized spacial score (nSPS) is 10.4. The minimum absolute atomic E-state index is 0.0670. The van der Waals surface area contributed by atoms with E-state index < -0.39 is 0 Å². The number of methoxy groups -OCH3 is 1. The van der Waals surface area contributed by atoms with E-state index in [1.54, 1.807) is 6.07 Å². The Morgan fingerprint density at radius 1 is 1.30 bits per heavy atom. The van der Waals surface area contributed by atoms with Gasteiger partial charge >= 0.3 is 6.01 Å². The molecule has 0 aliphatic carbocycles. The van der Waals surface area contributed by atoms with Gasteiger partial charge in [-0.3, -0.25) is 0 Å². The highest BCUT2D eigenvalue weighted by molar-refractivity contribution is 6.28. The molecular formula is C13H14ClFN4O. The van der Waals surface area contributed by atoms with Crippen molar-refractivity contribution in [1.29, 1.82) is 0 Å². The van der Waals surface area contributed by atoms with Crippen LogP contribution in [0.2, 0.25) is 5.28 Å². The Morgan fingerprint density at radius 3 is 2.80 bits per heavy atom. The van der Waals surface area contributed by atoms with Crippen LogP contribution in [-0.2, 0) is 6.42 Å². The summed E-state index contributed by atoms with van der Waals surface area (Å²) in [6.45, 7) is 2.47. The van der Waals surface area contributed by atoms with Crippen LogP contribution in [0.4, 0.5) is 10.3 Å². The summed E-state index contributed by atoms with van der Waals surface area (Å²) in [6.07, 6.45) is 0.720. The van der Waals surface area contributed by atoms with Gasteiger partial charge in [-0.15, -0.1) is 0 Å². The van der Waals surface area contributed by atoms with Crippen molar-refractivity contribution in [3.05, 3.63) is 40.4 Å². The van der Waals surface area contributed by atoms with Gasteiger partial charge < -0.3 is 10.1 Å². The van der Waals surface area contributed by atoms with Crippen LogP contribution in [-0.4, -0.2) is 28.6 Å².